The molecular formula is C74H133O24P. The predicted octanol–water partition coefficient (Wildman–Crippen LogP) is 10.7. The van der Waals surface area contributed by atoms with E-state index in [4.69, 9.17) is 42.2 Å². The number of ether oxygens (including phenoxy) is 7. The van der Waals surface area contributed by atoms with Crippen molar-refractivity contribution >= 4 is 25.7 Å². The van der Waals surface area contributed by atoms with Crippen LogP contribution in [0.2, 0.25) is 0 Å². The largest absolute Gasteiger partial charge is 0.472 e. The third kappa shape index (κ3) is 38.7. The van der Waals surface area contributed by atoms with E-state index in [0.717, 1.165) is 109 Å². The Labute approximate surface area is 591 Å². The number of esters is 3. The molecule has 0 aromatic rings. The van der Waals surface area contributed by atoms with Crippen molar-refractivity contribution in [3.63, 3.8) is 0 Å². The highest BCUT2D eigenvalue weighted by molar-refractivity contribution is 7.47. The van der Waals surface area contributed by atoms with E-state index >= 15 is 0 Å². The molecule has 0 aromatic carbocycles. The Morgan fingerprint density at radius 2 is 0.788 bits per heavy atom. The zero-order valence-corrected chi connectivity index (χ0v) is 61.2. The van der Waals surface area contributed by atoms with Crippen LogP contribution in [0.15, 0.2) is 36.5 Å². The van der Waals surface area contributed by atoms with Gasteiger partial charge in [-0.3, -0.25) is 18.6 Å². The molecule has 2 aliphatic heterocycles. The van der Waals surface area contributed by atoms with Gasteiger partial charge in [-0.1, -0.05) is 250 Å². The van der Waals surface area contributed by atoms with Gasteiger partial charge in [0.1, 0.15) is 98.7 Å². The average Bonchev–Trinajstić information content (AvgIpc) is 0.765. The molecule has 2 saturated heterocycles. The summed E-state index contributed by atoms with van der Waals surface area (Å²) in [4.78, 5) is 50.9. The van der Waals surface area contributed by atoms with Crippen molar-refractivity contribution in [3.05, 3.63) is 36.5 Å². The van der Waals surface area contributed by atoms with Crippen molar-refractivity contribution in [1.29, 1.82) is 0 Å². The summed E-state index contributed by atoms with van der Waals surface area (Å²) in [7, 11) is -5.72. The van der Waals surface area contributed by atoms with Gasteiger partial charge in [0.15, 0.2) is 18.7 Å². The van der Waals surface area contributed by atoms with Crippen molar-refractivity contribution in [2.24, 2.45) is 0 Å². The highest BCUT2D eigenvalue weighted by Crippen LogP contribution is 2.49. The van der Waals surface area contributed by atoms with Gasteiger partial charge in [0.2, 0.25) is 0 Å². The smallest absolute Gasteiger partial charge is 0.463 e. The molecule has 1 aliphatic carbocycles. The fourth-order valence-corrected chi connectivity index (χ4v) is 13.5. The Morgan fingerprint density at radius 3 is 1.23 bits per heavy atom. The van der Waals surface area contributed by atoms with Crippen molar-refractivity contribution < 1.29 is 117 Å². The topological polar surface area (TPSA) is 374 Å². The third-order valence-electron chi connectivity index (χ3n) is 18.7. The standard InChI is InChI=1S/C74H133O24P/c1-4-7-10-13-16-19-22-25-28-31-34-36-39-42-45-48-58(76)90-52-55(93-60(78)50-47-44-41-38-35-32-29-26-23-20-17-14-11-8-5-2)53-92-99(88,89)98-72-70(96-73-68(86)63(81)61(79)56(51-75)94-73)66(84)65(83)67(85)71(72)97-74-69(87)64(82)62(80)57(95-74)54-91-59(77)49-46-43-40-37-33-30-27-24-21-18-15-12-9-6-3/h20,23,39,42,45,48,55-57,61-75,79-87H,4-19,21-22,24-38,40-41,43-44,46-47,49-54H2,1-3H3,(H,88,89)/b23-20-,42-39+,48-45+. The molecule has 0 aromatic heterocycles. The molecule has 3 aliphatic rings. The first-order valence-electron chi connectivity index (χ1n) is 38.3. The molecule has 2 heterocycles. The summed E-state index contributed by atoms with van der Waals surface area (Å²) < 4.78 is 64.8. The zero-order valence-electron chi connectivity index (χ0n) is 60.3. The fourth-order valence-electron chi connectivity index (χ4n) is 12.5. The Hall–Kier alpha value is -2.82. The Bertz CT molecular complexity index is 2190. The molecule has 18 atom stereocenters. The first kappa shape index (κ1) is 90.4. The number of carbonyl (C=O) groups is 3. The average molecular weight is 1440 g/mol. The second kappa shape index (κ2) is 55.6. The van der Waals surface area contributed by atoms with Gasteiger partial charge in [-0.15, -0.1) is 0 Å². The minimum absolute atomic E-state index is 0.0277. The molecule has 99 heavy (non-hydrogen) atoms. The van der Waals surface area contributed by atoms with Gasteiger partial charge in [0.25, 0.3) is 0 Å². The van der Waals surface area contributed by atoms with Gasteiger partial charge < -0.3 is 89.1 Å². The number of aliphatic hydroxyl groups excluding tert-OH is 10. The maximum absolute atomic E-state index is 14.3. The summed E-state index contributed by atoms with van der Waals surface area (Å²) in [6.07, 6.45) is 18.4. The number of phosphoric ester groups is 1. The monoisotopic (exact) mass is 1440 g/mol. The Kier molecular flexibility index (Phi) is 50.8. The molecule has 3 fully saturated rings. The van der Waals surface area contributed by atoms with Crippen molar-refractivity contribution in [2.45, 2.75) is 388 Å². The van der Waals surface area contributed by atoms with Crippen LogP contribution in [0.5, 0.6) is 0 Å². The lowest BCUT2D eigenvalue weighted by molar-refractivity contribution is -0.360. The summed E-state index contributed by atoms with van der Waals surface area (Å²) in [6.45, 7) is 3.32. The zero-order chi connectivity index (χ0) is 72.5. The maximum Gasteiger partial charge on any atom is 0.472 e. The van der Waals surface area contributed by atoms with Crippen LogP contribution < -0.4 is 0 Å². The number of aliphatic hydroxyl groups is 10. The normalized spacial score (nSPS) is 27.7. The number of hydrogen-bond acceptors (Lipinski definition) is 23. The van der Waals surface area contributed by atoms with Gasteiger partial charge in [-0.2, -0.15) is 0 Å². The van der Waals surface area contributed by atoms with E-state index in [2.05, 4.69) is 32.9 Å². The van der Waals surface area contributed by atoms with Crippen LogP contribution in [-0.4, -0.2) is 204 Å². The Balaban J connectivity index is 1.75. The SMILES string of the molecule is CCCCCC/C=C\CCCCCCCCCC(=O)OC(COC(=O)/C=C/C=C/CCCCCCCCCCCCC)COP(=O)(O)OC1C(OC2OC(CO)C(O)C(O)C2O)C(O)C(O)C(O)C1OC1OC(COC(=O)CCCCCCCCCCCCCCCC)C(O)C(O)C1O. The predicted molar refractivity (Wildman–Crippen MR) is 374 cm³/mol. The summed E-state index contributed by atoms with van der Waals surface area (Å²) in [5.74, 6) is -2.25. The van der Waals surface area contributed by atoms with Crippen LogP contribution in [0.4, 0.5) is 0 Å². The van der Waals surface area contributed by atoms with Crippen molar-refractivity contribution in [1.82, 2.24) is 0 Å². The minimum atomic E-state index is -5.72. The highest BCUT2D eigenvalue weighted by atomic mass is 31.2. The maximum atomic E-state index is 14.3. The van der Waals surface area contributed by atoms with E-state index < -0.39 is 156 Å². The van der Waals surface area contributed by atoms with E-state index in [1.165, 1.54) is 134 Å². The number of phosphoric acid groups is 1. The molecule has 11 N–H and O–H groups in total. The Morgan fingerprint density at radius 1 is 0.414 bits per heavy atom. The molecule has 18 unspecified atom stereocenters. The number of carbonyl (C=O) groups excluding carboxylic acids is 3. The third-order valence-corrected chi connectivity index (χ3v) is 19.7. The number of hydrogen-bond donors (Lipinski definition) is 11. The van der Waals surface area contributed by atoms with E-state index in [0.29, 0.717) is 19.3 Å². The van der Waals surface area contributed by atoms with Gasteiger partial charge in [-0.05, 0) is 51.4 Å². The summed E-state index contributed by atoms with van der Waals surface area (Å²) in [5.41, 5.74) is 0. The molecule has 0 spiro atoms. The lowest BCUT2D eigenvalue weighted by Gasteiger charge is -2.49. The first-order chi connectivity index (χ1) is 47.8. The van der Waals surface area contributed by atoms with E-state index in [-0.39, 0.29) is 12.8 Å². The molecule has 578 valence electrons. The number of allylic oxidation sites excluding steroid dienone is 5. The lowest BCUT2D eigenvalue weighted by Crippen LogP contribution is -2.69. The van der Waals surface area contributed by atoms with Crippen LogP contribution >= 0.6 is 7.82 Å². The lowest BCUT2D eigenvalue weighted by atomic mass is 9.84. The van der Waals surface area contributed by atoms with Gasteiger partial charge in [-0.25, -0.2) is 9.36 Å². The molecule has 0 bridgehead atoms. The summed E-state index contributed by atoms with van der Waals surface area (Å²) >= 11 is 0. The summed E-state index contributed by atoms with van der Waals surface area (Å²) in [5, 5.41) is 110. The molecular weight excluding hydrogens is 1300 g/mol. The van der Waals surface area contributed by atoms with E-state index in [1.807, 2.05) is 6.08 Å². The molecule has 1 saturated carbocycles. The van der Waals surface area contributed by atoms with Gasteiger partial charge >= 0.3 is 25.7 Å². The van der Waals surface area contributed by atoms with Crippen molar-refractivity contribution in [3.8, 4) is 0 Å². The van der Waals surface area contributed by atoms with Gasteiger partial charge in [0, 0.05) is 18.9 Å². The first-order valence-corrected chi connectivity index (χ1v) is 39.8. The fraction of sp³-hybridized carbons (Fsp3) is 0.878. The molecule has 0 amide bonds. The van der Waals surface area contributed by atoms with Crippen LogP contribution in [0.1, 0.15) is 284 Å². The highest BCUT2D eigenvalue weighted by Gasteiger charge is 2.58. The molecule has 24 nitrogen and oxygen atoms in total. The molecule has 3 rings (SSSR count). The van der Waals surface area contributed by atoms with Crippen LogP contribution in [0, 0.1) is 0 Å². The van der Waals surface area contributed by atoms with Crippen molar-refractivity contribution in [2.75, 3.05) is 26.4 Å². The summed E-state index contributed by atoms with van der Waals surface area (Å²) in [6, 6.07) is 0. The quantitative estimate of drug-likeness (QED) is 0.00512. The van der Waals surface area contributed by atoms with E-state index in [9.17, 15) is 74.9 Å². The van der Waals surface area contributed by atoms with E-state index in [1.54, 1.807) is 6.08 Å². The number of rotatable bonds is 59. The van der Waals surface area contributed by atoms with Crippen LogP contribution in [0.25, 0.3) is 0 Å². The van der Waals surface area contributed by atoms with Gasteiger partial charge in [0.05, 0.1) is 13.2 Å². The second-order valence-corrected chi connectivity index (χ2v) is 28.8. The minimum Gasteiger partial charge on any atom is -0.463 e. The number of unbranched alkanes of at least 4 members (excludes halogenated alkanes) is 35. The van der Waals surface area contributed by atoms with Crippen LogP contribution in [-0.2, 0) is 61.2 Å². The second-order valence-electron chi connectivity index (χ2n) is 27.4. The molecule has 0 radical (unpaired) electrons. The van der Waals surface area contributed by atoms with Crippen LogP contribution in [0.3, 0.4) is 0 Å². The molecule has 25 heteroatoms.